The molecule has 1 saturated carbocycles. The van der Waals surface area contributed by atoms with Gasteiger partial charge in [0.1, 0.15) is 16.9 Å². The summed E-state index contributed by atoms with van der Waals surface area (Å²) in [6.07, 6.45) is 4.42. The van der Waals surface area contributed by atoms with Crippen LogP contribution in [0.2, 0.25) is 0 Å². The SMILES string of the molecule is C[C@@H](Oc1nc(-c2ccc(N3CCN(S(=O)(=O)C4COC4)CC3)cc2)cc2ncn(C3CC3)c12)[C@H]1CNC(=O)C1. The lowest BCUT2D eigenvalue weighted by molar-refractivity contribution is -0.119. The molecule has 5 heterocycles. The molecule has 1 aromatic carbocycles. The molecule has 1 amide bonds. The van der Waals surface area contributed by atoms with Gasteiger partial charge in [-0.05, 0) is 38.0 Å². The molecule has 2 atom stereocenters. The number of fused-ring (bicyclic) bond motifs is 1. The number of carbonyl (C=O) groups excluding carboxylic acids is 1. The Morgan fingerprint density at radius 3 is 2.48 bits per heavy atom. The highest BCUT2D eigenvalue weighted by Crippen LogP contribution is 2.40. The van der Waals surface area contributed by atoms with Crippen molar-refractivity contribution in [3.05, 3.63) is 36.7 Å². The lowest BCUT2D eigenvalue weighted by atomic mass is 10.0. The number of pyridine rings is 1. The number of amides is 1. The molecule has 1 aliphatic carbocycles. The van der Waals surface area contributed by atoms with Gasteiger partial charge in [0.05, 0.1) is 30.8 Å². The van der Waals surface area contributed by atoms with Crippen molar-refractivity contribution in [3.63, 3.8) is 0 Å². The van der Waals surface area contributed by atoms with E-state index in [0.29, 0.717) is 64.3 Å². The van der Waals surface area contributed by atoms with Gasteiger partial charge in [-0.15, -0.1) is 0 Å². The summed E-state index contributed by atoms with van der Waals surface area (Å²) in [7, 11) is -3.28. The van der Waals surface area contributed by atoms with Crippen LogP contribution in [0.3, 0.4) is 0 Å². The van der Waals surface area contributed by atoms with Gasteiger partial charge in [0.25, 0.3) is 0 Å². The monoisotopic (exact) mass is 566 g/mol. The summed E-state index contributed by atoms with van der Waals surface area (Å²) in [4.78, 5) is 23.7. The first-order chi connectivity index (χ1) is 19.4. The molecule has 0 bridgehead atoms. The molecule has 4 aliphatic rings. The molecule has 0 radical (unpaired) electrons. The van der Waals surface area contributed by atoms with E-state index in [4.69, 9.17) is 19.4 Å². The number of nitrogens with one attached hydrogen (secondary N) is 1. The summed E-state index contributed by atoms with van der Waals surface area (Å²) >= 11 is 0. The summed E-state index contributed by atoms with van der Waals surface area (Å²) in [5.74, 6) is 0.718. The molecule has 3 saturated heterocycles. The first kappa shape index (κ1) is 25.7. The minimum atomic E-state index is -3.28. The van der Waals surface area contributed by atoms with Crippen molar-refractivity contribution in [2.24, 2.45) is 5.92 Å². The number of ether oxygens (including phenoxy) is 2. The molecule has 0 spiro atoms. The van der Waals surface area contributed by atoms with Crippen LogP contribution in [0.1, 0.15) is 32.2 Å². The highest BCUT2D eigenvalue weighted by Gasteiger charge is 2.38. The number of imidazole rings is 1. The second-order valence-corrected chi connectivity index (χ2v) is 13.5. The van der Waals surface area contributed by atoms with Gasteiger partial charge in [-0.1, -0.05) is 12.1 Å². The van der Waals surface area contributed by atoms with E-state index in [1.807, 2.05) is 31.5 Å². The Morgan fingerprint density at radius 2 is 1.85 bits per heavy atom. The van der Waals surface area contributed by atoms with E-state index in [1.165, 1.54) is 0 Å². The molecule has 12 heteroatoms. The number of aromatic nitrogens is 3. The minimum absolute atomic E-state index is 0.0615. The minimum Gasteiger partial charge on any atom is -0.473 e. The van der Waals surface area contributed by atoms with Crippen LogP contribution in [0, 0.1) is 5.92 Å². The zero-order valence-electron chi connectivity index (χ0n) is 22.5. The molecular weight excluding hydrogens is 532 g/mol. The highest BCUT2D eigenvalue weighted by molar-refractivity contribution is 7.89. The molecule has 11 nitrogen and oxygen atoms in total. The van der Waals surface area contributed by atoms with Crippen LogP contribution in [-0.4, -0.2) is 90.5 Å². The van der Waals surface area contributed by atoms with Gasteiger partial charge >= 0.3 is 0 Å². The Balaban J connectivity index is 1.11. The Labute approximate surface area is 233 Å². The van der Waals surface area contributed by atoms with Crippen LogP contribution in [0.15, 0.2) is 36.7 Å². The fraction of sp³-hybridized carbons (Fsp3) is 0.536. The number of sulfonamides is 1. The largest absolute Gasteiger partial charge is 0.473 e. The third-order valence-electron chi connectivity index (χ3n) is 8.59. The second kappa shape index (κ2) is 10.0. The number of hydrogen-bond donors (Lipinski definition) is 1. The summed E-state index contributed by atoms with van der Waals surface area (Å²) in [6.45, 7) is 5.45. The molecule has 212 valence electrons. The summed E-state index contributed by atoms with van der Waals surface area (Å²) in [5.41, 5.74) is 4.54. The van der Waals surface area contributed by atoms with Crippen molar-refractivity contribution in [1.82, 2.24) is 24.2 Å². The van der Waals surface area contributed by atoms with Crippen molar-refractivity contribution in [2.75, 3.05) is 50.8 Å². The van der Waals surface area contributed by atoms with Crippen LogP contribution >= 0.6 is 0 Å². The van der Waals surface area contributed by atoms with Gasteiger partial charge in [0.15, 0.2) is 0 Å². The first-order valence-corrected chi connectivity index (χ1v) is 15.6. The van der Waals surface area contributed by atoms with Crippen molar-refractivity contribution >= 4 is 32.7 Å². The van der Waals surface area contributed by atoms with Gasteiger partial charge in [-0.25, -0.2) is 18.4 Å². The van der Waals surface area contributed by atoms with E-state index in [-0.39, 0.29) is 17.9 Å². The molecule has 3 aliphatic heterocycles. The fourth-order valence-electron chi connectivity index (χ4n) is 5.76. The maximum atomic E-state index is 12.7. The maximum Gasteiger partial charge on any atom is 0.241 e. The Kier molecular flexibility index (Phi) is 6.43. The molecule has 7 rings (SSSR count). The van der Waals surface area contributed by atoms with Crippen LogP contribution in [0.4, 0.5) is 5.69 Å². The Morgan fingerprint density at radius 1 is 1.10 bits per heavy atom. The molecule has 4 fully saturated rings. The third kappa shape index (κ3) is 4.71. The van der Waals surface area contributed by atoms with Crippen molar-refractivity contribution in [3.8, 4) is 17.1 Å². The van der Waals surface area contributed by atoms with E-state index in [0.717, 1.165) is 40.8 Å². The zero-order chi connectivity index (χ0) is 27.4. The van der Waals surface area contributed by atoms with Gasteiger partial charge < -0.3 is 24.3 Å². The summed E-state index contributed by atoms with van der Waals surface area (Å²) in [5, 5.41) is 2.50. The maximum absolute atomic E-state index is 12.7. The van der Waals surface area contributed by atoms with Crippen LogP contribution in [0.5, 0.6) is 5.88 Å². The van der Waals surface area contributed by atoms with Gasteiger partial charge in [0.2, 0.25) is 21.8 Å². The van der Waals surface area contributed by atoms with Crippen molar-refractivity contribution in [2.45, 2.75) is 43.6 Å². The summed E-state index contributed by atoms with van der Waals surface area (Å²) < 4.78 is 40.8. The lowest BCUT2D eigenvalue weighted by Crippen LogP contribution is -2.55. The van der Waals surface area contributed by atoms with E-state index in [2.05, 4.69) is 26.9 Å². The van der Waals surface area contributed by atoms with Gasteiger partial charge in [-0.3, -0.25) is 4.79 Å². The van der Waals surface area contributed by atoms with Gasteiger partial charge in [0, 0.05) is 62.4 Å². The van der Waals surface area contributed by atoms with E-state index >= 15 is 0 Å². The van der Waals surface area contributed by atoms with Crippen LogP contribution < -0.4 is 15.0 Å². The molecule has 1 N–H and O–H groups in total. The average Bonchev–Trinajstić information content (AvgIpc) is 3.52. The average molecular weight is 567 g/mol. The normalized spacial score (nSPS) is 23.3. The predicted molar refractivity (Wildman–Crippen MR) is 150 cm³/mol. The molecule has 3 aromatic rings. The summed E-state index contributed by atoms with van der Waals surface area (Å²) in [6, 6.07) is 10.7. The number of benzene rings is 1. The predicted octanol–water partition coefficient (Wildman–Crippen LogP) is 2.19. The number of hydrogen-bond acceptors (Lipinski definition) is 8. The standard InChI is InChI=1S/C28H34N6O5S/c1-18(20-12-26(35)29-14-20)39-28-27-25(30-17-34(27)22-6-7-22)13-24(31-28)19-2-4-21(5-3-19)32-8-10-33(11-9-32)40(36,37)23-15-38-16-23/h2-5,13,17-18,20,22-23H,6-12,14-16H2,1H3,(H,29,35)/t18-,20-/m1/s1. The Bertz CT molecular complexity index is 1520. The van der Waals surface area contributed by atoms with Crippen molar-refractivity contribution in [1.29, 1.82) is 0 Å². The van der Waals surface area contributed by atoms with Crippen molar-refractivity contribution < 1.29 is 22.7 Å². The fourth-order valence-corrected chi connectivity index (χ4v) is 7.39. The number of carbonyl (C=O) groups is 1. The number of piperazine rings is 1. The molecule has 40 heavy (non-hydrogen) atoms. The van der Waals surface area contributed by atoms with Gasteiger partial charge in [-0.2, -0.15) is 4.31 Å². The smallest absolute Gasteiger partial charge is 0.241 e. The number of nitrogens with zero attached hydrogens (tertiary/aromatic N) is 5. The first-order valence-electron chi connectivity index (χ1n) is 14.1. The topological polar surface area (TPSA) is 119 Å². The number of anilines is 1. The molecule has 0 unspecified atom stereocenters. The quantitative estimate of drug-likeness (QED) is 0.441. The Hall–Kier alpha value is -3.22. The third-order valence-corrected chi connectivity index (χ3v) is 10.8. The molecule has 2 aromatic heterocycles. The second-order valence-electron chi connectivity index (χ2n) is 11.3. The number of rotatable bonds is 8. The van der Waals surface area contributed by atoms with E-state index in [1.54, 1.807) is 4.31 Å². The van der Waals surface area contributed by atoms with E-state index < -0.39 is 15.3 Å². The van der Waals surface area contributed by atoms with Crippen LogP contribution in [0.25, 0.3) is 22.3 Å². The molecular formula is C28H34N6O5S. The highest BCUT2D eigenvalue weighted by atomic mass is 32.2. The lowest BCUT2D eigenvalue weighted by Gasteiger charge is -2.38. The van der Waals surface area contributed by atoms with E-state index in [9.17, 15) is 13.2 Å². The zero-order valence-corrected chi connectivity index (χ0v) is 23.3. The van der Waals surface area contributed by atoms with Crippen LogP contribution in [-0.2, 0) is 19.6 Å².